The number of carboxylic acid groups (broad SMARTS) is 1. The lowest BCUT2D eigenvalue weighted by Gasteiger charge is -2.08. The minimum atomic E-state index is -1.03. The molecule has 0 saturated heterocycles. The van der Waals surface area contributed by atoms with Gasteiger partial charge in [0.15, 0.2) is 0 Å². The summed E-state index contributed by atoms with van der Waals surface area (Å²) in [5.41, 5.74) is 1.42. The highest BCUT2D eigenvalue weighted by Crippen LogP contribution is 2.23. The molecule has 0 unspecified atom stereocenters. The lowest BCUT2D eigenvalue weighted by Crippen LogP contribution is -2.12. The molecule has 0 spiro atoms. The zero-order valence-electron chi connectivity index (χ0n) is 11.0. The number of carboxylic acids is 1. The Bertz CT molecular complexity index is 663. The topological polar surface area (TPSA) is 75.6 Å². The van der Waals surface area contributed by atoms with Gasteiger partial charge in [0.25, 0.3) is 5.91 Å². The summed E-state index contributed by atoms with van der Waals surface area (Å²) in [4.78, 5) is 23.5. The van der Waals surface area contributed by atoms with Gasteiger partial charge in [-0.1, -0.05) is 6.07 Å². The van der Waals surface area contributed by atoms with Crippen LogP contribution in [0.4, 0.5) is 5.69 Å². The molecule has 104 valence electrons. The third-order valence-corrected chi connectivity index (χ3v) is 3.67. The van der Waals surface area contributed by atoms with E-state index >= 15 is 0 Å². The normalized spacial score (nSPS) is 10.1. The molecule has 0 saturated carbocycles. The van der Waals surface area contributed by atoms with Gasteiger partial charge in [0.2, 0.25) is 0 Å². The van der Waals surface area contributed by atoms with E-state index < -0.39 is 5.97 Å². The molecule has 2 aromatic rings. The van der Waals surface area contributed by atoms with Gasteiger partial charge in [-0.2, -0.15) is 0 Å². The van der Waals surface area contributed by atoms with E-state index in [0.717, 1.165) is 5.56 Å². The number of benzene rings is 1. The average Bonchev–Trinajstić information content (AvgIpc) is 2.89. The molecule has 2 rings (SSSR count). The van der Waals surface area contributed by atoms with E-state index in [0.29, 0.717) is 16.3 Å². The Hall–Kier alpha value is -2.34. The number of methoxy groups -OCH3 is 1. The smallest absolute Gasteiger partial charge is 0.335 e. The van der Waals surface area contributed by atoms with E-state index in [-0.39, 0.29) is 11.5 Å². The number of nitrogens with one attached hydrogen (secondary N) is 1. The Morgan fingerprint density at radius 1 is 1.30 bits per heavy atom. The number of hydrogen-bond acceptors (Lipinski definition) is 4. The van der Waals surface area contributed by atoms with E-state index in [9.17, 15) is 9.59 Å². The van der Waals surface area contributed by atoms with Crippen LogP contribution in [0.3, 0.4) is 0 Å². The molecule has 0 aliphatic heterocycles. The van der Waals surface area contributed by atoms with Gasteiger partial charge in [0.05, 0.1) is 17.6 Å². The molecule has 0 fully saturated rings. The molecule has 1 heterocycles. The zero-order valence-corrected chi connectivity index (χ0v) is 11.8. The first-order valence-electron chi connectivity index (χ1n) is 5.79. The summed E-state index contributed by atoms with van der Waals surface area (Å²) in [6.07, 6.45) is 0. The maximum Gasteiger partial charge on any atom is 0.335 e. The highest BCUT2D eigenvalue weighted by Gasteiger charge is 2.12. The van der Waals surface area contributed by atoms with Crippen molar-refractivity contribution >= 4 is 28.9 Å². The van der Waals surface area contributed by atoms with E-state index in [1.165, 1.54) is 30.6 Å². The molecule has 0 bridgehead atoms. The SMILES string of the molecule is COc1csc(C(=O)Nc2cc(C(=O)O)ccc2C)c1. The summed E-state index contributed by atoms with van der Waals surface area (Å²) < 4.78 is 5.02. The van der Waals surface area contributed by atoms with Crippen LogP contribution in [-0.2, 0) is 0 Å². The van der Waals surface area contributed by atoms with Crippen molar-refractivity contribution in [1.82, 2.24) is 0 Å². The van der Waals surface area contributed by atoms with Crippen LogP contribution in [0, 0.1) is 6.92 Å². The van der Waals surface area contributed by atoms with Gasteiger partial charge in [-0.3, -0.25) is 4.79 Å². The van der Waals surface area contributed by atoms with Crippen molar-refractivity contribution < 1.29 is 19.4 Å². The van der Waals surface area contributed by atoms with Gasteiger partial charge in [-0.25, -0.2) is 4.79 Å². The molecule has 2 N–H and O–H groups in total. The molecule has 0 aliphatic carbocycles. The number of carbonyl (C=O) groups is 2. The maximum absolute atomic E-state index is 12.1. The highest BCUT2D eigenvalue weighted by molar-refractivity contribution is 7.12. The number of ether oxygens (including phenoxy) is 1. The van der Waals surface area contributed by atoms with E-state index in [4.69, 9.17) is 9.84 Å². The maximum atomic E-state index is 12.1. The third-order valence-electron chi connectivity index (χ3n) is 2.77. The van der Waals surface area contributed by atoms with Crippen molar-refractivity contribution in [2.24, 2.45) is 0 Å². The van der Waals surface area contributed by atoms with Gasteiger partial charge in [0.1, 0.15) is 5.75 Å². The van der Waals surface area contributed by atoms with Crippen LogP contribution in [0.1, 0.15) is 25.6 Å². The predicted octanol–water partition coefficient (Wildman–Crippen LogP) is 3.02. The second-order valence-corrected chi connectivity index (χ2v) is 5.05. The quantitative estimate of drug-likeness (QED) is 0.908. The fourth-order valence-corrected chi connectivity index (χ4v) is 2.37. The number of hydrogen-bond donors (Lipinski definition) is 2. The van der Waals surface area contributed by atoms with Crippen molar-refractivity contribution in [2.75, 3.05) is 12.4 Å². The number of aromatic carboxylic acids is 1. The molecule has 6 heteroatoms. The number of carbonyl (C=O) groups excluding carboxylic acids is 1. The Labute approximate surface area is 119 Å². The number of amides is 1. The minimum Gasteiger partial charge on any atom is -0.496 e. The van der Waals surface area contributed by atoms with Crippen molar-refractivity contribution in [3.8, 4) is 5.75 Å². The second kappa shape index (κ2) is 5.75. The lowest BCUT2D eigenvalue weighted by molar-refractivity contribution is 0.0696. The fourth-order valence-electron chi connectivity index (χ4n) is 1.62. The van der Waals surface area contributed by atoms with Crippen molar-refractivity contribution in [1.29, 1.82) is 0 Å². The van der Waals surface area contributed by atoms with Crippen LogP contribution in [0.5, 0.6) is 5.75 Å². The van der Waals surface area contributed by atoms with E-state index in [2.05, 4.69) is 5.32 Å². The zero-order chi connectivity index (χ0) is 14.7. The van der Waals surface area contributed by atoms with Crippen LogP contribution in [-0.4, -0.2) is 24.1 Å². The largest absolute Gasteiger partial charge is 0.496 e. The molecule has 20 heavy (non-hydrogen) atoms. The summed E-state index contributed by atoms with van der Waals surface area (Å²) in [6.45, 7) is 1.80. The van der Waals surface area contributed by atoms with Gasteiger partial charge in [-0.15, -0.1) is 11.3 Å². The molecule has 1 amide bonds. The van der Waals surface area contributed by atoms with Gasteiger partial charge in [-0.05, 0) is 24.6 Å². The van der Waals surface area contributed by atoms with Gasteiger partial charge >= 0.3 is 5.97 Å². The first-order chi connectivity index (χ1) is 9.51. The highest BCUT2D eigenvalue weighted by atomic mass is 32.1. The van der Waals surface area contributed by atoms with Crippen LogP contribution in [0.15, 0.2) is 29.6 Å². The predicted molar refractivity (Wildman–Crippen MR) is 77.0 cm³/mol. The van der Waals surface area contributed by atoms with Crippen molar-refractivity contribution in [3.63, 3.8) is 0 Å². The molecule has 0 aliphatic rings. The van der Waals surface area contributed by atoms with Gasteiger partial charge < -0.3 is 15.2 Å². The van der Waals surface area contributed by atoms with E-state index in [1.54, 1.807) is 24.4 Å². The number of rotatable bonds is 4. The monoisotopic (exact) mass is 291 g/mol. The molecule has 0 atom stereocenters. The Kier molecular flexibility index (Phi) is 4.05. The lowest BCUT2D eigenvalue weighted by atomic mass is 10.1. The van der Waals surface area contributed by atoms with Crippen molar-refractivity contribution in [2.45, 2.75) is 6.92 Å². The molecular weight excluding hydrogens is 278 g/mol. The second-order valence-electron chi connectivity index (χ2n) is 4.14. The number of aryl methyl sites for hydroxylation is 1. The molecule has 0 radical (unpaired) electrons. The number of anilines is 1. The molecule has 1 aromatic carbocycles. The first kappa shape index (κ1) is 14.1. The fraction of sp³-hybridized carbons (Fsp3) is 0.143. The number of thiophene rings is 1. The van der Waals surface area contributed by atoms with Crippen molar-refractivity contribution in [3.05, 3.63) is 45.6 Å². The molecule has 5 nitrogen and oxygen atoms in total. The molecule has 1 aromatic heterocycles. The van der Waals surface area contributed by atoms with Crippen LogP contribution >= 0.6 is 11.3 Å². The Morgan fingerprint density at radius 2 is 2.05 bits per heavy atom. The third kappa shape index (κ3) is 2.97. The van der Waals surface area contributed by atoms with Crippen LogP contribution in [0.25, 0.3) is 0 Å². The van der Waals surface area contributed by atoms with E-state index in [1.807, 2.05) is 0 Å². The van der Waals surface area contributed by atoms with Crippen LogP contribution < -0.4 is 10.1 Å². The first-order valence-corrected chi connectivity index (χ1v) is 6.67. The Balaban J connectivity index is 2.22. The summed E-state index contributed by atoms with van der Waals surface area (Å²) in [5, 5.41) is 13.4. The summed E-state index contributed by atoms with van der Waals surface area (Å²) in [6, 6.07) is 6.24. The van der Waals surface area contributed by atoms with Gasteiger partial charge in [0, 0.05) is 17.1 Å². The minimum absolute atomic E-state index is 0.134. The molecular formula is C14H13NO4S. The summed E-state index contributed by atoms with van der Waals surface area (Å²) >= 11 is 1.26. The van der Waals surface area contributed by atoms with Crippen LogP contribution in [0.2, 0.25) is 0 Å². The summed E-state index contributed by atoms with van der Waals surface area (Å²) in [7, 11) is 1.53. The summed E-state index contributed by atoms with van der Waals surface area (Å²) in [5.74, 6) is -0.696. The Morgan fingerprint density at radius 3 is 2.65 bits per heavy atom. The standard InChI is InChI=1S/C14H13NO4S/c1-8-3-4-9(14(17)18)5-11(8)15-13(16)12-6-10(19-2)7-20-12/h3-7H,1-2H3,(H,15,16)(H,17,18). The average molecular weight is 291 g/mol.